The molecule has 5 unspecified atom stereocenters. The predicted octanol–water partition coefficient (Wildman–Crippen LogP) is 42.4. The topological polar surface area (TPSA) is 0 Å². The highest BCUT2D eigenvalue weighted by Gasteiger charge is 2.35. The Hall–Kier alpha value is -3.80. The first-order chi connectivity index (χ1) is 63.8. The highest BCUT2D eigenvalue weighted by atomic mass is 32.1. The molecular weight excluding hydrogens is 1760 g/mol. The molecule has 0 aliphatic heterocycles. The van der Waals surface area contributed by atoms with Gasteiger partial charge in [-0.05, 0) is 366 Å². The van der Waals surface area contributed by atoms with Crippen molar-refractivity contribution in [3.8, 4) is 0 Å². The van der Waals surface area contributed by atoms with Crippen molar-refractivity contribution in [2.45, 2.75) is 476 Å². The van der Waals surface area contributed by atoms with Crippen LogP contribution in [0.2, 0.25) is 0 Å². The quantitative estimate of drug-likeness (QED) is 0.0144. The minimum Gasteiger partial charge on any atom is -0.269 e. The summed E-state index contributed by atoms with van der Waals surface area (Å²) in [5, 5.41) is 0. The lowest BCUT2D eigenvalue weighted by Gasteiger charge is -2.35. The number of hydrogen-bond acceptors (Lipinski definition) is 5. The average molecular weight is 1950 g/mol. The maximum Gasteiger partial charge on any atom is 0.00403 e. The number of thiol groups is 5. The lowest BCUT2D eigenvalue weighted by Crippen LogP contribution is -2.23. The van der Waals surface area contributed by atoms with Crippen molar-refractivity contribution in [1.29, 1.82) is 0 Å². The summed E-state index contributed by atoms with van der Waals surface area (Å²) in [6.07, 6.45) is 106. The highest BCUT2D eigenvalue weighted by molar-refractivity contribution is 7.81. The summed E-state index contributed by atoms with van der Waals surface area (Å²) in [4.78, 5) is 5.30. The Morgan fingerprint density at radius 1 is 0.170 bits per heavy atom. The van der Waals surface area contributed by atoms with Crippen LogP contribution in [-0.2, 0) is 0 Å². The lowest BCUT2D eigenvalue weighted by molar-refractivity contribution is 0.187. The fourth-order valence-corrected chi connectivity index (χ4v) is 26.8. The normalized spacial score (nSPS) is 25.6. The van der Waals surface area contributed by atoms with Gasteiger partial charge in [0.2, 0.25) is 0 Å². The van der Waals surface area contributed by atoms with Crippen molar-refractivity contribution in [2.75, 3.05) is 0 Å². The Labute approximate surface area is 852 Å². The van der Waals surface area contributed by atoms with Crippen LogP contribution in [0.1, 0.15) is 480 Å². The smallest absolute Gasteiger partial charge is 0.00403 e. The van der Waals surface area contributed by atoms with E-state index in [1.54, 1.807) is 27.9 Å². The number of unbranched alkanes of at least 4 members (excludes halogenated alkanes) is 20. The molecule has 0 radical (unpaired) electrons. The third-order valence-corrected chi connectivity index (χ3v) is 36.3. The van der Waals surface area contributed by atoms with E-state index in [9.17, 15) is 0 Å². The number of hydrogen-bond donors (Lipinski definition) is 5. The molecule has 0 N–H and O–H groups in total. The van der Waals surface area contributed by atoms with E-state index in [-0.39, 0.29) is 23.5 Å². The molecule has 760 valence electrons. The van der Waals surface area contributed by atoms with Crippen LogP contribution in [0.25, 0.3) is 27.9 Å². The number of benzene rings is 5. The van der Waals surface area contributed by atoms with Gasteiger partial charge in [-0.2, -0.15) is 0 Å². The van der Waals surface area contributed by atoms with E-state index in [0.29, 0.717) is 0 Å². The Morgan fingerprint density at radius 2 is 0.311 bits per heavy atom. The number of rotatable bonds is 40. The van der Waals surface area contributed by atoms with Crippen molar-refractivity contribution in [2.24, 2.45) is 88.8 Å². The molecule has 5 atom stereocenters. The Kier molecular flexibility index (Phi) is 62.2. The van der Waals surface area contributed by atoms with E-state index in [1.807, 2.05) is 0 Å². The fourth-order valence-electron chi connectivity index (χ4n) is 26.0. The zero-order chi connectivity index (χ0) is 91.0. The summed E-state index contributed by atoms with van der Waals surface area (Å²) in [5.41, 5.74) is 14.9. The molecule has 0 nitrogen and oxygen atoms in total. The Bertz CT molecular complexity index is 3370. The van der Waals surface area contributed by atoms with Gasteiger partial charge in [0.05, 0.1) is 0 Å². The van der Waals surface area contributed by atoms with Gasteiger partial charge in [-0.3, -0.25) is 23.5 Å². The van der Waals surface area contributed by atoms with E-state index in [1.165, 1.54) is 445 Å². The average Bonchev–Trinajstić information content (AvgIpc) is 0.850. The monoisotopic (exact) mass is 1950 g/mol. The minimum absolute atomic E-state index is 0. The number of allylic oxidation sites excluding steroid dienone is 10. The summed E-state index contributed by atoms with van der Waals surface area (Å²) in [7, 11) is 0. The van der Waals surface area contributed by atoms with Gasteiger partial charge in [0, 0.05) is 24.5 Å². The van der Waals surface area contributed by atoms with Gasteiger partial charge in [-0.25, -0.2) is 0 Å². The Balaban J connectivity index is 0.000000257. The standard InChI is InChI=1S/5C25H38S.5FH/c5*1-2-3-4-5-6-7-20-8-10-21(11-9-20)22-12-14-23(15-13-22)24-16-18-25(26)19-17-24;;;;;/h5*14,16-22,26H,2-13,15H2,1H3;5*1H. The van der Waals surface area contributed by atoms with Crippen LogP contribution in [0.5, 0.6) is 0 Å². The van der Waals surface area contributed by atoms with Crippen molar-refractivity contribution >= 4 is 91.0 Å². The van der Waals surface area contributed by atoms with Gasteiger partial charge in [0.15, 0.2) is 0 Å². The van der Waals surface area contributed by atoms with Gasteiger partial charge in [0.25, 0.3) is 0 Å². The maximum atomic E-state index is 4.40. The van der Waals surface area contributed by atoms with Crippen molar-refractivity contribution in [1.82, 2.24) is 0 Å². The van der Waals surface area contributed by atoms with Gasteiger partial charge in [-0.1, -0.05) is 382 Å². The molecular formula is C125H195F5S5. The molecule has 5 aromatic carbocycles. The largest absolute Gasteiger partial charge is 0.269 e. The number of halogens is 5. The van der Waals surface area contributed by atoms with Crippen molar-refractivity contribution in [3.63, 3.8) is 0 Å². The zero-order valence-electron chi connectivity index (χ0n) is 85.8. The molecule has 10 aliphatic carbocycles. The van der Waals surface area contributed by atoms with E-state index in [0.717, 1.165) is 113 Å². The summed E-state index contributed by atoms with van der Waals surface area (Å²) in [6, 6.07) is 43.6. The van der Waals surface area contributed by atoms with E-state index < -0.39 is 0 Å². The zero-order valence-corrected chi connectivity index (χ0v) is 90.3. The SMILES string of the molecule is CCCCCCCC1CCC(C2CC=C(c3ccc(S)cc3)CC2)CC1.CCCCCCCC1CCC(C2CC=C(c3ccc(S)cc3)CC2)CC1.CCCCCCCC1CCC(C2CC=C(c3ccc(S)cc3)CC2)CC1.CCCCCCCC1CCC(C2CC=C(c3ccc(S)cc3)CC2)CC1.CCCCCCCC1CCC(C2CC=C(c3ccc(S)cc3)CC2)CC1.F.F.F.F.F. The molecule has 0 amide bonds. The van der Waals surface area contributed by atoms with E-state index in [4.69, 9.17) is 0 Å². The molecule has 0 aromatic heterocycles. The van der Waals surface area contributed by atoms with Crippen LogP contribution in [-0.4, -0.2) is 0 Å². The van der Waals surface area contributed by atoms with E-state index in [2.05, 4.69) is 249 Å². The van der Waals surface area contributed by atoms with Gasteiger partial charge in [0.1, 0.15) is 0 Å². The molecule has 10 heteroatoms. The minimum atomic E-state index is 0. The molecule has 135 heavy (non-hydrogen) atoms. The van der Waals surface area contributed by atoms with Crippen molar-refractivity contribution in [3.05, 3.63) is 180 Å². The first kappa shape index (κ1) is 120. The Morgan fingerprint density at radius 3 is 0.437 bits per heavy atom. The second kappa shape index (κ2) is 70.0. The van der Waals surface area contributed by atoms with Gasteiger partial charge < -0.3 is 0 Å². The first-order valence-electron chi connectivity index (χ1n) is 56.2. The molecule has 5 fully saturated rings. The first-order valence-corrected chi connectivity index (χ1v) is 58.5. The van der Waals surface area contributed by atoms with E-state index >= 15 is 0 Å². The molecule has 0 heterocycles. The van der Waals surface area contributed by atoms with Crippen LogP contribution in [0.4, 0.5) is 23.5 Å². The second-order valence-corrected chi connectivity index (χ2v) is 46.6. The molecule has 0 spiro atoms. The summed E-state index contributed by atoms with van der Waals surface area (Å²) >= 11 is 22.0. The fraction of sp³-hybridized carbons (Fsp3) is 0.680. The molecule has 0 bridgehead atoms. The lowest BCUT2D eigenvalue weighted by atomic mass is 9.70. The van der Waals surface area contributed by atoms with Crippen LogP contribution in [0.15, 0.2) is 176 Å². The van der Waals surface area contributed by atoms with Crippen LogP contribution < -0.4 is 0 Å². The highest BCUT2D eigenvalue weighted by Crippen LogP contribution is 2.49. The molecule has 10 aliphatic rings. The molecule has 0 saturated heterocycles. The third-order valence-electron chi connectivity index (χ3n) is 34.8. The second-order valence-electron chi connectivity index (χ2n) is 44.0. The van der Waals surface area contributed by atoms with Crippen molar-refractivity contribution < 1.29 is 23.5 Å². The molecule has 5 aromatic rings. The summed E-state index contributed by atoms with van der Waals surface area (Å²) < 4.78 is 0. The molecule has 5 saturated carbocycles. The predicted molar refractivity (Wildman–Crippen MR) is 602 cm³/mol. The van der Waals surface area contributed by atoms with Gasteiger partial charge >= 0.3 is 0 Å². The van der Waals surface area contributed by atoms with Crippen LogP contribution in [0.3, 0.4) is 0 Å². The molecule has 15 rings (SSSR count). The maximum absolute atomic E-state index is 4.40. The summed E-state index contributed by atoms with van der Waals surface area (Å²) in [6.45, 7) is 11.5. The van der Waals surface area contributed by atoms with Crippen LogP contribution >= 0.6 is 63.1 Å². The summed E-state index contributed by atoms with van der Waals surface area (Å²) in [5.74, 6) is 15.0. The van der Waals surface area contributed by atoms with Gasteiger partial charge in [-0.15, -0.1) is 63.1 Å². The van der Waals surface area contributed by atoms with Crippen LogP contribution in [0, 0.1) is 88.8 Å². The third kappa shape index (κ3) is 43.7.